The Labute approximate surface area is 175 Å². The molecule has 0 unspecified atom stereocenters. The summed E-state index contributed by atoms with van der Waals surface area (Å²) in [5.74, 6) is 0.129. The first-order chi connectivity index (χ1) is 14.5. The molecule has 0 spiro atoms. The highest BCUT2D eigenvalue weighted by molar-refractivity contribution is 5.69. The summed E-state index contributed by atoms with van der Waals surface area (Å²) in [5, 5.41) is 12.1. The summed E-state index contributed by atoms with van der Waals surface area (Å²) in [6.07, 6.45) is 4.90. The second-order valence-electron chi connectivity index (χ2n) is 6.95. The average Bonchev–Trinajstić information content (AvgIpc) is 2.72. The number of aromatic nitrogens is 4. The van der Waals surface area contributed by atoms with E-state index < -0.39 is 5.97 Å². The molecule has 156 valence electrons. The van der Waals surface area contributed by atoms with Crippen molar-refractivity contribution >= 4 is 17.6 Å². The van der Waals surface area contributed by atoms with Crippen molar-refractivity contribution in [3.8, 4) is 11.4 Å². The molecule has 30 heavy (non-hydrogen) atoms. The Balaban J connectivity index is 1.73. The zero-order chi connectivity index (χ0) is 21.3. The lowest BCUT2D eigenvalue weighted by molar-refractivity contribution is -0.138. The lowest BCUT2D eigenvalue weighted by Crippen LogP contribution is -2.25. The zero-order valence-electron chi connectivity index (χ0n) is 16.8. The van der Waals surface area contributed by atoms with E-state index in [2.05, 4.69) is 25.3 Å². The molecule has 0 saturated heterocycles. The van der Waals surface area contributed by atoms with Gasteiger partial charge in [0.1, 0.15) is 6.33 Å². The number of carbonyl (C=O) groups is 1. The van der Waals surface area contributed by atoms with Gasteiger partial charge in [0.2, 0.25) is 5.95 Å². The molecule has 3 rings (SSSR count). The summed E-state index contributed by atoms with van der Waals surface area (Å²) in [7, 11) is 1.77. The Morgan fingerprint density at radius 3 is 2.87 bits per heavy atom. The standard InChI is InChI=1S/C21H25N7O2/c1-28(13-19(29)30)12-15-4-2-5-18(10-15)26-21-25-14-24-20(27-21)16-7-9-23-17(11-16)6-3-8-22/h2,4-5,7,9-11,14H,3,6,8,12-13,22H2,1H3,(H,29,30)(H,24,25,26,27). The van der Waals surface area contributed by atoms with Crippen molar-refractivity contribution in [3.63, 3.8) is 0 Å². The maximum atomic E-state index is 10.8. The molecule has 0 aliphatic heterocycles. The van der Waals surface area contributed by atoms with E-state index in [4.69, 9.17) is 10.8 Å². The second kappa shape index (κ2) is 10.4. The first kappa shape index (κ1) is 21.3. The van der Waals surface area contributed by atoms with Gasteiger partial charge in [0, 0.05) is 29.7 Å². The average molecular weight is 407 g/mol. The highest BCUT2D eigenvalue weighted by Gasteiger charge is 2.08. The van der Waals surface area contributed by atoms with Crippen molar-refractivity contribution in [1.29, 1.82) is 0 Å². The zero-order valence-corrected chi connectivity index (χ0v) is 16.8. The molecule has 9 nitrogen and oxygen atoms in total. The van der Waals surface area contributed by atoms with Crippen LogP contribution in [-0.2, 0) is 17.8 Å². The Hall–Kier alpha value is -3.43. The number of benzene rings is 1. The van der Waals surface area contributed by atoms with Crippen LogP contribution in [0.2, 0.25) is 0 Å². The number of hydrogen-bond donors (Lipinski definition) is 3. The van der Waals surface area contributed by atoms with Crippen molar-refractivity contribution in [1.82, 2.24) is 24.8 Å². The van der Waals surface area contributed by atoms with Crippen molar-refractivity contribution in [2.24, 2.45) is 5.73 Å². The summed E-state index contributed by atoms with van der Waals surface area (Å²) < 4.78 is 0. The first-order valence-corrected chi connectivity index (χ1v) is 9.64. The predicted octanol–water partition coefficient (Wildman–Crippen LogP) is 2.08. The number of nitrogens with zero attached hydrogens (tertiary/aromatic N) is 5. The monoisotopic (exact) mass is 407 g/mol. The third-order valence-corrected chi connectivity index (χ3v) is 4.32. The lowest BCUT2D eigenvalue weighted by Gasteiger charge is -2.14. The van der Waals surface area contributed by atoms with Gasteiger partial charge in [-0.05, 0) is 56.3 Å². The van der Waals surface area contributed by atoms with Gasteiger partial charge in [-0.15, -0.1) is 0 Å². The summed E-state index contributed by atoms with van der Waals surface area (Å²) in [4.78, 5) is 29.9. The Morgan fingerprint density at radius 1 is 1.20 bits per heavy atom. The maximum absolute atomic E-state index is 10.8. The van der Waals surface area contributed by atoms with Crippen LogP contribution in [0.5, 0.6) is 0 Å². The summed E-state index contributed by atoms with van der Waals surface area (Å²) in [6.45, 7) is 1.12. The van der Waals surface area contributed by atoms with E-state index in [1.807, 2.05) is 36.4 Å². The Morgan fingerprint density at radius 2 is 2.07 bits per heavy atom. The van der Waals surface area contributed by atoms with E-state index in [1.165, 1.54) is 6.33 Å². The largest absolute Gasteiger partial charge is 0.480 e. The van der Waals surface area contributed by atoms with E-state index in [-0.39, 0.29) is 6.54 Å². The minimum Gasteiger partial charge on any atom is -0.480 e. The van der Waals surface area contributed by atoms with Gasteiger partial charge in [-0.3, -0.25) is 14.7 Å². The van der Waals surface area contributed by atoms with E-state index >= 15 is 0 Å². The maximum Gasteiger partial charge on any atom is 0.317 e. The number of carboxylic acid groups (broad SMARTS) is 1. The minimum absolute atomic E-state index is 0.0202. The van der Waals surface area contributed by atoms with Gasteiger partial charge in [-0.25, -0.2) is 9.97 Å². The first-order valence-electron chi connectivity index (χ1n) is 9.64. The van der Waals surface area contributed by atoms with Gasteiger partial charge in [0.25, 0.3) is 0 Å². The van der Waals surface area contributed by atoms with Crippen molar-refractivity contribution in [2.75, 3.05) is 25.5 Å². The normalized spacial score (nSPS) is 10.9. The number of aryl methyl sites for hydroxylation is 1. The fourth-order valence-electron chi connectivity index (χ4n) is 3.01. The number of aliphatic carboxylic acids is 1. The molecular formula is C21H25N7O2. The molecule has 0 saturated carbocycles. The lowest BCUT2D eigenvalue weighted by atomic mass is 10.1. The number of likely N-dealkylation sites (N-methyl/N-ethyl adjacent to an activating group) is 1. The molecule has 0 amide bonds. The second-order valence-corrected chi connectivity index (χ2v) is 6.95. The smallest absolute Gasteiger partial charge is 0.317 e. The molecular weight excluding hydrogens is 382 g/mol. The number of nitrogens with two attached hydrogens (primary N) is 1. The van der Waals surface area contributed by atoms with Crippen LogP contribution in [0.3, 0.4) is 0 Å². The van der Waals surface area contributed by atoms with Crippen LogP contribution in [0.15, 0.2) is 48.9 Å². The number of anilines is 2. The molecule has 2 aromatic heterocycles. The third kappa shape index (κ3) is 6.29. The molecule has 0 bridgehead atoms. The molecule has 0 atom stereocenters. The molecule has 4 N–H and O–H groups in total. The SMILES string of the molecule is CN(CC(=O)O)Cc1cccc(Nc2ncnc(-c3ccnc(CCCN)c3)n2)c1. The Kier molecular flexibility index (Phi) is 7.36. The van der Waals surface area contributed by atoms with Gasteiger partial charge in [-0.2, -0.15) is 4.98 Å². The van der Waals surface area contributed by atoms with Gasteiger partial charge >= 0.3 is 5.97 Å². The molecule has 9 heteroatoms. The molecule has 3 aromatic rings. The number of hydrogen-bond acceptors (Lipinski definition) is 8. The van der Waals surface area contributed by atoms with E-state index in [9.17, 15) is 4.79 Å². The summed E-state index contributed by atoms with van der Waals surface area (Å²) in [6, 6.07) is 11.5. The fraction of sp³-hybridized carbons (Fsp3) is 0.286. The topological polar surface area (TPSA) is 130 Å². The van der Waals surface area contributed by atoms with Crippen LogP contribution in [0.25, 0.3) is 11.4 Å². The minimum atomic E-state index is -0.855. The van der Waals surface area contributed by atoms with Gasteiger partial charge < -0.3 is 16.2 Å². The molecule has 0 radical (unpaired) electrons. The molecule has 0 fully saturated rings. The van der Waals surface area contributed by atoms with Crippen LogP contribution < -0.4 is 11.1 Å². The molecule has 1 aromatic carbocycles. The van der Waals surface area contributed by atoms with Crippen LogP contribution in [-0.4, -0.2) is 56.0 Å². The van der Waals surface area contributed by atoms with E-state index in [0.29, 0.717) is 24.9 Å². The molecule has 0 aliphatic rings. The summed E-state index contributed by atoms with van der Waals surface area (Å²) in [5.41, 5.74) is 9.19. The Bertz CT molecular complexity index is 996. The highest BCUT2D eigenvalue weighted by atomic mass is 16.4. The number of pyridine rings is 1. The van der Waals surface area contributed by atoms with Crippen molar-refractivity contribution in [3.05, 3.63) is 60.2 Å². The molecule has 0 aliphatic carbocycles. The van der Waals surface area contributed by atoms with Crippen LogP contribution >= 0.6 is 0 Å². The van der Waals surface area contributed by atoms with Gasteiger partial charge in [-0.1, -0.05) is 12.1 Å². The molecule has 2 heterocycles. The van der Waals surface area contributed by atoms with E-state index in [1.54, 1.807) is 18.1 Å². The summed E-state index contributed by atoms with van der Waals surface area (Å²) >= 11 is 0. The number of rotatable bonds is 10. The number of nitrogens with one attached hydrogen (secondary N) is 1. The fourth-order valence-corrected chi connectivity index (χ4v) is 3.01. The van der Waals surface area contributed by atoms with Crippen molar-refractivity contribution in [2.45, 2.75) is 19.4 Å². The quantitative estimate of drug-likeness (QED) is 0.462. The van der Waals surface area contributed by atoms with E-state index in [0.717, 1.165) is 35.3 Å². The van der Waals surface area contributed by atoms with Gasteiger partial charge in [0.05, 0.1) is 6.54 Å². The van der Waals surface area contributed by atoms with Gasteiger partial charge in [0.15, 0.2) is 5.82 Å². The predicted molar refractivity (Wildman–Crippen MR) is 114 cm³/mol. The third-order valence-electron chi connectivity index (χ3n) is 4.32. The number of carboxylic acids is 1. The van der Waals surface area contributed by atoms with Crippen LogP contribution in [0.1, 0.15) is 17.7 Å². The highest BCUT2D eigenvalue weighted by Crippen LogP contribution is 2.19. The van der Waals surface area contributed by atoms with Crippen molar-refractivity contribution < 1.29 is 9.90 Å². The van der Waals surface area contributed by atoms with Crippen LogP contribution in [0.4, 0.5) is 11.6 Å². The van der Waals surface area contributed by atoms with Crippen LogP contribution in [0, 0.1) is 0 Å².